The van der Waals surface area contributed by atoms with Gasteiger partial charge in [0.1, 0.15) is 17.6 Å². The van der Waals surface area contributed by atoms with Crippen molar-refractivity contribution in [2.45, 2.75) is 25.9 Å². The number of pyridine rings is 1. The summed E-state index contributed by atoms with van der Waals surface area (Å²) in [4.78, 5) is 8.88. The maximum Gasteiger partial charge on any atom is 0.142 e. The van der Waals surface area contributed by atoms with Gasteiger partial charge in [-0.3, -0.25) is 4.90 Å². The number of aliphatic hydroxyl groups is 1. The number of hydrogen-bond donors (Lipinski definition) is 1. The minimum Gasteiger partial charge on any atom is -0.388 e. The van der Waals surface area contributed by atoms with E-state index in [9.17, 15) is 5.11 Å². The normalized spacial score (nSPS) is 27.7. The van der Waals surface area contributed by atoms with E-state index in [4.69, 9.17) is 10.00 Å². The first-order valence-corrected chi connectivity index (χ1v) is 8.58. The lowest BCUT2D eigenvalue weighted by atomic mass is 9.69. The Hall–Kier alpha value is -1.68. The number of hydrogen-bond acceptors (Lipinski definition) is 6. The molecule has 0 amide bonds. The lowest BCUT2D eigenvalue weighted by Gasteiger charge is -2.52. The summed E-state index contributed by atoms with van der Waals surface area (Å²) in [6.07, 6.45) is 0.690. The molecule has 1 aromatic rings. The Morgan fingerprint density at radius 1 is 1.29 bits per heavy atom. The minimum atomic E-state index is -0.728. The number of nitriles is 1. The molecule has 3 heterocycles. The number of β-amino-alcohol motifs (C(OH)–C–C–N with tert-alkyl or cyclic N) is 1. The molecule has 24 heavy (non-hydrogen) atoms. The van der Waals surface area contributed by atoms with Crippen LogP contribution in [0, 0.1) is 16.7 Å². The smallest absolute Gasteiger partial charge is 0.142 e. The van der Waals surface area contributed by atoms with Gasteiger partial charge in [-0.1, -0.05) is 19.9 Å². The highest BCUT2D eigenvalue weighted by Gasteiger charge is 2.48. The molecule has 1 aromatic heterocycles. The molecule has 2 saturated heterocycles. The summed E-state index contributed by atoms with van der Waals surface area (Å²) in [6.45, 7) is 9.63. The summed E-state index contributed by atoms with van der Waals surface area (Å²) in [6, 6.07) is 7.60. The van der Waals surface area contributed by atoms with Crippen molar-refractivity contribution in [2.24, 2.45) is 5.41 Å². The van der Waals surface area contributed by atoms with Crippen molar-refractivity contribution in [1.29, 1.82) is 5.26 Å². The molecule has 3 rings (SSSR count). The van der Waals surface area contributed by atoms with Crippen LogP contribution in [0.15, 0.2) is 18.2 Å². The number of morpholine rings is 1. The van der Waals surface area contributed by atoms with Crippen LogP contribution in [0.2, 0.25) is 0 Å². The largest absolute Gasteiger partial charge is 0.388 e. The fourth-order valence-electron chi connectivity index (χ4n) is 3.64. The number of ether oxygens (including phenoxy) is 1. The second kappa shape index (κ2) is 6.67. The van der Waals surface area contributed by atoms with Crippen LogP contribution in [0.25, 0.3) is 0 Å². The van der Waals surface area contributed by atoms with Gasteiger partial charge < -0.3 is 14.7 Å². The first kappa shape index (κ1) is 17.2. The average molecular weight is 330 g/mol. The maximum absolute atomic E-state index is 11.3. The molecule has 0 aromatic carbocycles. The molecular weight excluding hydrogens is 304 g/mol. The second-order valence-corrected chi connectivity index (χ2v) is 7.47. The Morgan fingerprint density at radius 2 is 2.04 bits per heavy atom. The highest BCUT2D eigenvalue weighted by molar-refractivity contribution is 5.43. The van der Waals surface area contributed by atoms with Gasteiger partial charge in [-0.15, -0.1) is 0 Å². The van der Waals surface area contributed by atoms with E-state index >= 15 is 0 Å². The summed E-state index contributed by atoms with van der Waals surface area (Å²) in [7, 11) is 0. The third-order valence-corrected chi connectivity index (χ3v) is 5.40. The highest BCUT2D eigenvalue weighted by Crippen LogP contribution is 2.40. The quantitative estimate of drug-likeness (QED) is 0.899. The zero-order valence-corrected chi connectivity index (χ0v) is 14.5. The molecule has 0 spiro atoms. The summed E-state index contributed by atoms with van der Waals surface area (Å²) >= 11 is 0. The summed E-state index contributed by atoms with van der Waals surface area (Å²) < 4.78 is 5.40. The van der Waals surface area contributed by atoms with Crippen LogP contribution < -0.4 is 4.90 Å². The fraction of sp³-hybridized carbons (Fsp3) is 0.667. The number of nitrogens with zero attached hydrogens (tertiary/aromatic N) is 4. The minimum absolute atomic E-state index is 0.270. The molecule has 1 N–H and O–H groups in total. The van der Waals surface area contributed by atoms with Crippen LogP contribution in [0.5, 0.6) is 0 Å². The molecule has 6 heteroatoms. The first-order chi connectivity index (χ1) is 11.4. The Morgan fingerprint density at radius 3 is 2.71 bits per heavy atom. The summed E-state index contributed by atoms with van der Waals surface area (Å²) in [5, 5.41) is 20.4. The first-order valence-electron chi connectivity index (χ1n) is 8.58. The van der Waals surface area contributed by atoms with Crippen molar-refractivity contribution in [3.63, 3.8) is 0 Å². The molecule has 0 radical (unpaired) electrons. The van der Waals surface area contributed by atoms with Crippen LogP contribution in [-0.4, -0.2) is 66.5 Å². The zero-order valence-electron chi connectivity index (χ0n) is 14.5. The van der Waals surface area contributed by atoms with E-state index < -0.39 is 5.60 Å². The number of aromatic nitrogens is 1. The molecule has 0 saturated carbocycles. The third kappa shape index (κ3) is 3.39. The van der Waals surface area contributed by atoms with Gasteiger partial charge in [-0.2, -0.15) is 5.26 Å². The molecular formula is C18H26N4O2. The SMILES string of the molecule is CC1(C)CN(c2cccc(C#N)n2)CCC1(O)CN1CCOCC1. The van der Waals surface area contributed by atoms with Crippen molar-refractivity contribution in [3.05, 3.63) is 23.9 Å². The van der Waals surface area contributed by atoms with Gasteiger partial charge >= 0.3 is 0 Å². The fourth-order valence-corrected chi connectivity index (χ4v) is 3.64. The van der Waals surface area contributed by atoms with E-state index in [2.05, 4.69) is 34.7 Å². The van der Waals surface area contributed by atoms with E-state index in [1.807, 2.05) is 12.1 Å². The molecule has 2 aliphatic heterocycles. The van der Waals surface area contributed by atoms with E-state index in [1.165, 1.54) is 0 Å². The van der Waals surface area contributed by atoms with Crippen molar-refractivity contribution < 1.29 is 9.84 Å². The predicted octanol–water partition coefficient (Wildman–Crippen LogP) is 1.25. The van der Waals surface area contributed by atoms with Gasteiger partial charge in [0, 0.05) is 38.1 Å². The molecule has 1 unspecified atom stereocenters. The Balaban J connectivity index is 1.72. The van der Waals surface area contributed by atoms with Crippen LogP contribution in [0.4, 0.5) is 5.82 Å². The van der Waals surface area contributed by atoms with Crippen molar-refractivity contribution in [1.82, 2.24) is 9.88 Å². The van der Waals surface area contributed by atoms with Gasteiger partial charge in [-0.25, -0.2) is 4.98 Å². The Kier molecular flexibility index (Phi) is 4.77. The van der Waals surface area contributed by atoms with Crippen molar-refractivity contribution in [2.75, 3.05) is 50.8 Å². The van der Waals surface area contributed by atoms with Crippen LogP contribution in [0.3, 0.4) is 0 Å². The standard InChI is InChI=1S/C18H26N4O2/c1-17(2)13-22(16-5-3-4-15(12-19)20-16)7-6-18(17,23)14-21-8-10-24-11-9-21/h3-5,23H,6-11,13-14H2,1-2H3. The lowest BCUT2D eigenvalue weighted by Crippen LogP contribution is -2.62. The lowest BCUT2D eigenvalue weighted by molar-refractivity contribution is -0.111. The number of rotatable bonds is 3. The van der Waals surface area contributed by atoms with E-state index in [0.29, 0.717) is 18.7 Å². The Bertz CT molecular complexity index is 622. The molecule has 2 aliphatic rings. The molecule has 0 bridgehead atoms. The van der Waals surface area contributed by atoms with Crippen LogP contribution in [-0.2, 0) is 4.74 Å². The molecule has 0 aliphatic carbocycles. The van der Waals surface area contributed by atoms with Gasteiger partial charge in [0.2, 0.25) is 0 Å². The second-order valence-electron chi connectivity index (χ2n) is 7.47. The summed E-state index contributed by atoms with van der Waals surface area (Å²) in [5.74, 6) is 0.815. The molecule has 1 atom stereocenters. The predicted molar refractivity (Wildman–Crippen MR) is 91.8 cm³/mol. The topological polar surface area (TPSA) is 72.6 Å². The average Bonchev–Trinajstić information content (AvgIpc) is 2.58. The number of anilines is 1. The van der Waals surface area contributed by atoms with Gasteiger partial charge in [0.15, 0.2) is 0 Å². The van der Waals surface area contributed by atoms with Crippen molar-refractivity contribution in [3.8, 4) is 6.07 Å². The van der Waals surface area contributed by atoms with E-state index in [0.717, 1.165) is 45.2 Å². The van der Waals surface area contributed by atoms with Crippen LogP contribution >= 0.6 is 0 Å². The third-order valence-electron chi connectivity index (χ3n) is 5.40. The maximum atomic E-state index is 11.3. The van der Waals surface area contributed by atoms with E-state index in [1.54, 1.807) is 6.07 Å². The Labute approximate surface area is 143 Å². The molecule has 130 valence electrons. The molecule has 6 nitrogen and oxygen atoms in total. The zero-order chi connectivity index (χ0) is 17.2. The molecule has 2 fully saturated rings. The van der Waals surface area contributed by atoms with Crippen molar-refractivity contribution >= 4 is 5.82 Å². The van der Waals surface area contributed by atoms with Crippen LogP contribution in [0.1, 0.15) is 26.0 Å². The highest BCUT2D eigenvalue weighted by atomic mass is 16.5. The number of piperidine rings is 1. The van der Waals surface area contributed by atoms with Gasteiger partial charge in [-0.05, 0) is 18.6 Å². The summed E-state index contributed by atoms with van der Waals surface area (Å²) in [5.41, 5.74) is -0.568. The van der Waals surface area contributed by atoms with Gasteiger partial charge in [0.25, 0.3) is 0 Å². The van der Waals surface area contributed by atoms with Gasteiger partial charge in [0.05, 0.1) is 18.8 Å². The monoisotopic (exact) mass is 330 g/mol. The van der Waals surface area contributed by atoms with E-state index in [-0.39, 0.29) is 5.41 Å².